The van der Waals surface area contributed by atoms with Crippen LogP contribution in [0.1, 0.15) is 60.0 Å². The number of hydrogen-bond donors (Lipinski definition) is 2. The number of nitrogens with one attached hydrogen (secondary N) is 1. The van der Waals surface area contributed by atoms with Crippen LogP contribution in [-0.2, 0) is 33.6 Å². The number of Topliss-reactive ketones (excluding diaryl/α,β-unsaturated/α-hetero) is 1. The summed E-state index contributed by atoms with van der Waals surface area (Å²) in [6, 6.07) is 16.0. The molecule has 0 bridgehead atoms. The van der Waals surface area contributed by atoms with E-state index in [-0.39, 0.29) is 41.6 Å². The number of pyridine rings is 1. The fourth-order valence-electron chi connectivity index (χ4n) is 6.33. The van der Waals surface area contributed by atoms with Crippen molar-refractivity contribution < 1.29 is 19.5 Å². The summed E-state index contributed by atoms with van der Waals surface area (Å²) in [5.41, 5.74) is 4.91. The van der Waals surface area contributed by atoms with Crippen molar-refractivity contribution in [3.63, 3.8) is 0 Å². The number of carbonyl (C=O) groups excluding carboxylic acids is 3. The lowest BCUT2D eigenvalue weighted by molar-refractivity contribution is -0.159. The summed E-state index contributed by atoms with van der Waals surface area (Å²) >= 11 is 0. The molecule has 0 unspecified atom stereocenters. The Labute approximate surface area is 235 Å². The zero-order valence-corrected chi connectivity index (χ0v) is 23.6. The van der Waals surface area contributed by atoms with Gasteiger partial charge in [0.1, 0.15) is 23.9 Å². The van der Waals surface area contributed by atoms with Crippen molar-refractivity contribution in [1.29, 1.82) is 0 Å². The highest BCUT2D eigenvalue weighted by Gasteiger charge is 2.50. The van der Waals surface area contributed by atoms with E-state index in [1.54, 1.807) is 29.2 Å². The molecule has 1 aromatic heterocycles. The van der Waals surface area contributed by atoms with Crippen molar-refractivity contribution >= 4 is 17.6 Å². The molecule has 2 amide bonds. The molecule has 2 heterocycles. The highest BCUT2D eigenvalue weighted by atomic mass is 16.3. The van der Waals surface area contributed by atoms with Gasteiger partial charge in [0.2, 0.25) is 11.8 Å². The minimum Gasteiger partial charge on any atom is -0.508 e. The minimum atomic E-state index is -1.02. The largest absolute Gasteiger partial charge is 0.508 e. The molecule has 5 rings (SSSR count). The summed E-state index contributed by atoms with van der Waals surface area (Å²) in [6.45, 7) is 7.64. The number of aromatic nitrogens is 1. The maximum atomic E-state index is 14.5. The number of nitrogens with zero attached hydrogens (tertiary/aromatic N) is 2. The van der Waals surface area contributed by atoms with Gasteiger partial charge in [0.15, 0.2) is 5.78 Å². The number of para-hydroxylation sites is 1. The normalized spacial score (nSPS) is 20.6. The zero-order chi connectivity index (χ0) is 28.6. The van der Waals surface area contributed by atoms with Crippen LogP contribution in [0.3, 0.4) is 0 Å². The fourth-order valence-corrected chi connectivity index (χ4v) is 6.33. The SMILES string of the molecule is CC[C@H](C)[C@@H]1C(=O)N[C@H](C2Cc3ccccc3C2)C(=O)N1[C@@H](C(=O)Cc1ccccc1O)c1ccc(C)nc1C. The average Bonchev–Trinajstić information content (AvgIpc) is 3.36. The smallest absolute Gasteiger partial charge is 0.247 e. The van der Waals surface area contributed by atoms with Crippen LogP contribution in [-0.4, -0.2) is 44.7 Å². The van der Waals surface area contributed by atoms with E-state index in [0.717, 1.165) is 5.69 Å². The lowest BCUT2D eigenvalue weighted by Crippen LogP contribution is -2.68. The third kappa shape index (κ3) is 5.12. The van der Waals surface area contributed by atoms with Crippen molar-refractivity contribution in [2.24, 2.45) is 11.8 Å². The van der Waals surface area contributed by atoms with Gasteiger partial charge in [-0.05, 0) is 61.8 Å². The van der Waals surface area contributed by atoms with Gasteiger partial charge < -0.3 is 15.3 Å². The number of piperazine rings is 1. The molecule has 3 aromatic rings. The quantitative estimate of drug-likeness (QED) is 0.442. The molecule has 0 spiro atoms. The van der Waals surface area contributed by atoms with E-state index in [0.29, 0.717) is 36.1 Å². The van der Waals surface area contributed by atoms with Crippen LogP contribution >= 0.6 is 0 Å². The Morgan fingerprint density at radius 1 is 1.02 bits per heavy atom. The Kier molecular flexibility index (Phi) is 7.74. The Hall–Kier alpha value is -4.00. The van der Waals surface area contributed by atoms with Gasteiger partial charge in [-0.2, -0.15) is 0 Å². The van der Waals surface area contributed by atoms with E-state index < -0.39 is 18.1 Å². The van der Waals surface area contributed by atoms with E-state index in [9.17, 15) is 19.5 Å². The maximum absolute atomic E-state index is 14.5. The van der Waals surface area contributed by atoms with E-state index in [1.807, 2.05) is 52.0 Å². The molecule has 0 saturated carbocycles. The van der Waals surface area contributed by atoms with E-state index >= 15 is 0 Å². The van der Waals surface area contributed by atoms with Gasteiger partial charge in [0.25, 0.3) is 0 Å². The Morgan fingerprint density at radius 3 is 2.30 bits per heavy atom. The monoisotopic (exact) mass is 539 g/mol. The molecule has 1 aliphatic heterocycles. The summed E-state index contributed by atoms with van der Waals surface area (Å²) in [4.78, 5) is 48.8. The number of fused-ring (bicyclic) bond motifs is 1. The third-order valence-electron chi connectivity index (χ3n) is 8.62. The van der Waals surface area contributed by atoms with E-state index in [1.165, 1.54) is 11.1 Å². The molecule has 0 radical (unpaired) electrons. The molecule has 1 saturated heterocycles. The molecule has 2 N–H and O–H groups in total. The number of phenolic OH excluding ortho intramolecular Hbond substituents is 1. The Morgan fingerprint density at radius 2 is 1.68 bits per heavy atom. The first kappa shape index (κ1) is 27.6. The first-order valence-electron chi connectivity index (χ1n) is 14.1. The molecule has 208 valence electrons. The number of carbonyl (C=O) groups is 3. The highest BCUT2D eigenvalue weighted by Crippen LogP contribution is 2.37. The molecule has 1 aliphatic carbocycles. The van der Waals surface area contributed by atoms with Crippen LogP contribution in [0.2, 0.25) is 0 Å². The van der Waals surface area contributed by atoms with Crippen molar-refractivity contribution in [1.82, 2.24) is 15.2 Å². The molecule has 40 heavy (non-hydrogen) atoms. The standard InChI is InChI=1S/C33H37N3O4/c1-5-19(2)30-32(39)35-29(25-16-22-10-6-7-11-23(22)17-25)33(40)36(30)31(26-15-14-20(3)34-21(26)4)28(38)18-24-12-8-9-13-27(24)37/h6-15,19,25,29-31,37H,5,16-18H2,1-4H3,(H,35,39)/t19-,29+,30+,31+/m0/s1. The lowest BCUT2D eigenvalue weighted by atomic mass is 9.84. The predicted molar refractivity (Wildman–Crippen MR) is 153 cm³/mol. The van der Waals surface area contributed by atoms with Gasteiger partial charge >= 0.3 is 0 Å². The number of ketones is 1. The topological polar surface area (TPSA) is 99.6 Å². The third-order valence-corrected chi connectivity index (χ3v) is 8.62. The van der Waals surface area contributed by atoms with Gasteiger partial charge in [0, 0.05) is 28.9 Å². The highest BCUT2D eigenvalue weighted by molar-refractivity contribution is 6.01. The van der Waals surface area contributed by atoms with Crippen molar-refractivity contribution in [3.05, 3.63) is 94.3 Å². The molecular weight excluding hydrogens is 502 g/mol. The minimum absolute atomic E-state index is 0.0242. The van der Waals surface area contributed by atoms with Crippen LogP contribution in [0.15, 0.2) is 60.7 Å². The lowest BCUT2D eigenvalue weighted by Gasteiger charge is -2.46. The Balaban J connectivity index is 1.60. The molecule has 7 nitrogen and oxygen atoms in total. The molecule has 7 heteroatoms. The van der Waals surface area contributed by atoms with Gasteiger partial charge in [-0.3, -0.25) is 19.4 Å². The van der Waals surface area contributed by atoms with Crippen LogP contribution in [0.25, 0.3) is 0 Å². The number of rotatable bonds is 8. The fraction of sp³-hybridized carbons (Fsp3) is 0.394. The summed E-state index contributed by atoms with van der Waals surface area (Å²) < 4.78 is 0. The van der Waals surface area contributed by atoms with Gasteiger partial charge in [0.05, 0.1) is 0 Å². The second-order valence-corrected chi connectivity index (χ2v) is 11.3. The maximum Gasteiger partial charge on any atom is 0.247 e. The van der Waals surface area contributed by atoms with Gasteiger partial charge in [-0.15, -0.1) is 0 Å². The summed E-state index contributed by atoms with van der Waals surface area (Å²) in [5.74, 6) is -0.979. The van der Waals surface area contributed by atoms with Gasteiger partial charge in [-0.1, -0.05) is 68.8 Å². The number of hydrogen-bond acceptors (Lipinski definition) is 5. The molecule has 4 atom stereocenters. The van der Waals surface area contributed by atoms with Crippen LogP contribution in [0, 0.1) is 25.7 Å². The number of benzene rings is 2. The number of phenols is 1. The van der Waals surface area contributed by atoms with Crippen LogP contribution in [0.4, 0.5) is 0 Å². The molecule has 2 aromatic carbocycles. The van der Waals surface area contributed by atoms with Crippen molar-refractivity contribution in [3.8, 4) is 5.75 Å². The van der Waals surface area contributed by atoms with Gasteiger partial charge in [-0.25, -0.2) is 0 Å². The predicted octanol–water partition coefficient (Wildman–Crippen LogP) is 4.41. The van der Waals surface area contributed by atoms with Crippen LogP contribution in [0.5, 0.6) is 5.75 Å². The molecule has 2 aliphatic rings. The van der Waals surface area contributed by atoms with E-state index in [2.05, 4.69) is 22.4 Å². The summed E-state index contributed by atoms with van der Waals surface area (Å²) in [5, 5.41) is 13.5. The number of amides is 2. The van der Waals surface area contributed by atoms with Crippen molar-refractivity contribution in [2.45, 2.75) is 71.5 Å². The first-order chi connectivity index (χ1) is 19.2. The van der Waals surface area contributed by atoms with Crippen molar-refractivity contribution in [2.75, 3.05) is 0 Å². The number of aryl methyl sites for hydroxylation is 2. The summed E-state index contributed by atoms with van der Waals surface area (Å²) in [6.07, 6.45) is 1.96. The summed E-state index contributed by atoms with van der Waals surface area (Å²) in [7, 11) is 0. The number of aromatic hydroxyl groups is 1. The molecular formula is C33H37N3O4. The average molecular weight is 540 g/mol. The van der Waals surface area contributed by atoms with E-state index in [4.69, 9.17) is 0 Å². The molecule has 1 fully saturated rings. The zero-order valence-electron chi connectivity index (χ0n) is 23.6. The first-order valence-corrected chi connectivity index (χ1v) is 14.1. The Bertz CT molecular complexity index is 1430. The second-order valence-electron chi connectivity index (χ2n) is 11.3. The van der Waals surface area contributed by atoms with Crippen LogP contribution < -0.4 is 5.32 Å². The second kappa shape index (κ2) is 11.2.